The Kier molecular flexibility index (Phi) is 5.69. The van der Waals surface area contributed by atoms with Gasteiger partial charge in [0.2, 0.25) is 0 Å². The van der Waals surface area contributed by atoms with E-state index in [2.05, 4.69) is 18.5 Å². The Labute approximate surface area is 140 Å². The highest BCUT2D eigenvalue weighted by Gasteiger charge is 2.43. The highest BCUT2D eigenvalue weighted by molar-refractivity contribution is 5.68. The Morgan fingerprint density at radius 2 is 1.87 bits per heavy atom. The third-order valence-corrected chi connectivity index (χ3v) is 4.59. The first-order chi connectivity index (χ1) is 10.8. The molecule has 0 aromatic heterocycles. The minimum absolute atomic E-state index is 0.167. The molecule has 1 saturated carbocycles. The molecule has 2 atom stereocenters. The number of carbonyl (C=O) groups excluding carboxylic acids is 1. The summed E-state index contributed by atoms with van der Waals surface area (Å²) in [4.78, 5) is 14.0. The molecule has 2 fully saturated rings. The van der Waals surface area contributed by atoms with Crippen molar-refractivity contribution in [3.05, 3.63) is 37.0 Å². The summed E-state index contributed by atoms with van der Waals surface area (Å²) in [6.07, 6.45) is 7.74. The van der Waals surface area contributed by atoms with E-state index in [1.165, 1.54) is 0 Å². The number of amides is 1. The molecule has 0 aromatic carbocycles. The Balaban J connectivity index is 1.79. The molecule has 4 heteroatoms. The number of ether oxygens (including phenoxy) is 1. The lowest BCUT2D eigenvalue weighted by molar-refractivity contribution is 0.0279. The van der Waals surface area contributed by atoms with Gasteiger partial charge in [-0.05, 0) is 51.0 Å². The maximum absolute atomic E-state index is 12.2. The quantitative estimate of drug-likeness (QED) is 0.789. The molecular weight excluding hydrogens is 288 g/mol. The zero-order valence-electron chi connectivity index (χ0n) is 14.7. The van der Waals surface area contributed by atoms with Crippen molar-refractivity contribution < 1.29 is 9.53 Å². The van der Waals surface area contributed by atoms with E-state index < -0.39 is 5.60 Å². The van der Waals surface area contributed by atoms with E-state index in [4.69, 9.17) is 4.74 Å². The van der Waals surface area contributed by atoms with E-state index in [-0.39, 0.29) is 6.09 Å². The monoisotopic (exact) mass is 318 g/mol. The van der Waals surface area contributed by atoms with Crippen molar-refractivity contribution in [2.24, 2.45) is 11.8 Å². The van der Waals surface area contributed by atoms with E-state index in [9.17, 15) is 4.79 Å². The van der Waals surface area contributed by atoms with Crippen molar-refractivity contribution in [2.75, 3.05) is 19.6 Å². The van der Waals surface area contributed by atoms with E-state index in [1.807, 2.05) is 37.8 Å². The van der Waals surface area contributed by atoms with Crippen LogP contribution in [0, 0.1) is 11.8 Å². The van der Waals surface area contributed by atoms with Gasteiger partial charge < -0.3 is 15.0 Å². The Bertz CT molecular complexity index is 476. The van der Waals surface area contributed by atoms with E-state index in [0.717, 1.165) is 38.0 Å². The lowest BCUT2D eigenvalue weighted by Crippen LogP contribution is -2.37. The van der Waals surface area contributed by atoms with Gasteiger partial charge in [0.25, 0.3) is 0 Å². The summed E-state index contributed by atoms with van der Waals surface area (Å²) >= 11 is 0. The number of likely N-dealkylation sites (tertiary alicyclic amines) is 1. The van der Waals surface area contributed by atoms with Crippen LogP contribution in [0.15, 0.2) is 37.0 Å². The standard InChI is InChI=1S/C19H30N2O2/c1-6-8-14(7-2)11-20-17-9-15-12-21(13-16(15)10-17)18(22)23-19(3,4)5/h6-8,15-17,20H,1-2,9-13H2,3-5H3. The molecule has 0 aromatic rings. The fourth-order valence-electron chi connectivity index (χ4n) is 3.55. The normalized spacial score (nSPS) is 27.7. The molecule has 1 N–H and O–H groups in total. The molecule has 1 aliphatic heterocycles. The second-order valence-corrected chi connectivity index (χ2v) is 7.64. The number of fused-ring (bicyclic) bond motifs is 1. The number of rotatable bonds is 5. The van der Waals surface area contributed by atoms with Crippen LogP contribution in [0.5, 0.6) is 0 Å². The van der Waals surface area contributed by atoms with E-state index >= 15 is 0 Å². The van der Waals surface area contributed by atoms with Crippen LogP contribution in [0.2, 0.25) is 0 Å². The summed E-state index contributed by atoms with van der Waals surface area (Å²) in [6.45, 7) is 15.8. The summed E-state index contributed by atoms with van der Waals surface area (Å²) < 4.78 is 5.48. The average molecular weight is 318 g/mol. The minimum atomic E-state index is -0.419. The first-order valence-electron chi connectivity index (χ1n) is 8.47. The van der Waals surface area contributed by atoms with Crippen molar-refractivity contribution in [1.29, 1.82) is 0 Å². The molecule has 2 unspecified atom stereocenters. The van der Waals surface area contributed by atoms with E-state index in [1.54, 1.807) is 6.08 Å². The fraction of sp³-hybridized carbons (Fsp3) is 0.632. The van der Waals surface area contributed by atoms with Gasteiger partial charge >= 0.3 is 6.09 Å². The number of hydrogen-bond acceptors (Lipinski definition) is 3. The van der Waals surface area contributed by atoms with Gasteiger partial charge in [-0.25, -0.2) is 4.79 Å². The molecule has 0 bridgehead atoms. The largest absolute Gasteiger partial charge is 0.444 e. The molecule has 4 nitrogen and oxygen atoms in total. The smallest absolute Gasteiger partial charge is 0.410 e. The Morgan fingerprint density at radius 1 is 1.26 bits per heavy atom. The molecule has 0 radical (unpaired) electrons. The van der Waals surface area contributed by atoms with Gasteiger partial charge in [-0.15, -0.1) is 0 Å². The zero-order chi connectivity index (χ0) is 17.0. The molecule has 1 heterocycles. The second kappa shape index (κ2) is 7.35. The molecule has 23 heavy (non-hydrogen) atoms. The Morgan fingerprint density at radius 3 is 2.35 bits per heavy atom. The van der Waals surface area contributed by atoms with E-state index in [0.29, 0.717) is 17.9 Å². The Hall–Kier alpha value is -1.55. The van der Waals surface area contributed by atoms with Gasteiger partial charge in [0.1, 0.15) is 5.60 Å². The number of allylic oxidation sites excluding steroid dienone is 2. The van der Waals surface area contributed by atoms with Crippen molar-refractivity contribution >= 4 is 6.09 Å². The fourth-order valence-corrected chi connectivity index (χ4v) is 3.55. The van der Waals surface area contributed by atoms with Crippen LogP contribution in [0.1, 0.15) is 33.6 Å². The van der Waals surface area contributed by atoms with Crippen molar-refractivity contribution in [1.82, 2.24) is 10.2 Å². The van der Waals surface area contributed by atoms with Crippen molar-refractivity contribution in [2.45, 2.75) is 45.3 Å². The highest BCUT2D eigenvalue weighted by atomic mass is 16.6. The number of nitrogens with zero attached hydrogens (tertiary/aromatic N) is 1. The summed E-state index contributed by atoms with van der Waals surface area (Å²) in [5, 5.41) is 3.61. The SMILES string of the molecule is C=CC=C(C=C)CNC1CC2CN(C(=O)OC(C)(C)C)CC2C1. The number of carbonyl (C=O) groups is 1. The maximum atomic E-state index is 12.2. The maximum Gasteiger partial charge on any atom is 0.410 e. The van der Waals surface area contributed by atoms with Gasteiger partial charge in [0.15, 0.2) is 0 Å². The average Bonchev–Trinajstić information content (AvgIpc) is 2.99. The highest BCUT2D eigenvalue weighted by Crippen LogP contribution is 2.38. The summed E-state index contributed by atoms with van der Waals surface area (Å²) in [7, 11) is 0. The third-order valence-electron chi connectivity index (χ3n) is 4.59. The second-order valence-electron chi connectivity index (χ2n) is 7.64. The van der Waals surface area contributed by atoms with Gasteiger partial charge in [0.05, 0.1) is 0 Å². The van der Waals surface area contributed by atoms with Crippen LogP contribution in [0.4, 0.5) is 4.79 Å². The molecule has 2 aliphatic rings. The van der Waals surface area contributed by atoms with Crippen LogP contribution < -0.4 is 5.32 Å². The molecule has 1 amide bonds. The van der Waals surface area contributed by atoms with Crippen molar-refractivity contribution in [3.8, 4) is 0 Å². The summed E-state index contributed by atoms with van der Waals surface area (Å²) in [5.41, 5.74) is 0.740. The van der Waals surface area contributed by atoms with Crippen molar-refractivity contribution in [3.63, 3.8) is 0 Å². The van der Waals surface area contributed by atoms with Crippen LogP contribution in [-0.2, 0) is 4.74 Å². The predicted molar refractivity (Wildman–Crippen MR) is 94.3 cm³/mol. The number of nitrogens with one attached hydrogen (secondary N) is 1. The molecule has 0 spiro atoms. The first-order valence-corrected chi connectivity index (χ1v) is 8.47. The minimum Gasteiger partial charge on any atom is -0.444 e. The van der Waals surface area contributed by atoms with Gasteiger partial charge in [-0.1, -0.05) is 31.4 Å². The molecule has 1 saturated heterocycles. The molecular formula is C19H30N2O2. The van der Waals surface area contributed by atoms with Gasteiger partial charge in [0, 0.05) is 25.7 Å². The van der Waals surface area contributed by atoms with Crippen LogP contribution >= 0.6 is 0 Å². The van der Waals surface area contributed by atoms with Gasteiger partial charge in [-0.2, -0.15) is 0 Å². The lowest BCUT2D eigenvalue weighted by Gasteiger charge is -2.25. The summed E-state index contributed by atoms with van der Waals surface area (Å²) in [5.74, 6) is 1.19. The summed E-state index contributed by atoms with van der Waals surface area (Å²) in [6, 6.07) is 0.527. The number of hydrogen-bond donors (Lipinski definition) is 1. The van der Waals surface area contributed by atoms with Crippen LogP contribution in [0.3, 0.4) is 0 Å². The van der Waals surface area contributed by atoms with Crippen LogP contribution in [-0.4, -0.2) is 42.3 Å². The van der Waals surface area contributed by atoms with Gasteiger partial charge in [-0.3, -0.25) is 0 Å². The predicted octanol–water partition coefficient (Wildman–Crippen LogP) is 3.52. The molecule has 1 aliphatic carbocycles. The topological polar surface area (TPSA) is 41.6 Å². The molecule has 2 rings (SSSR count). The zero-order valence-corrected chi connectivity index (χ0v) is 14.7. The lowest BCUT2D eigenvalue weighted by atomic mass is 10.0. The van der Waals surface area contributed by atoms with Crippen LogP contribution in [0.25, 0.3) is 0 Å². The third kappa shape index (κ3) is 4.96. The molecule has 128 valence electrons. The first kappa shape index (κ1) is 17.8.